The second-order valence-corrected chi connectivity index (χ2v) is 21.1. The number of esters is 1. The Hall–Kier alpha value is -3.12. The van der Waals surface area contributed by atoms with Crippen molar-refractivity contribution in [1.29, 1.82) is 0 Å². The molecule has 2 bridgehead atoms. The van der Waals surface area contributed by atoms with Crippen molar-refractivity contribution in [1.82, 2.24) is 5.32 Å². The van der Waals surface area contributed by atoms with Gasteiger partial charge in [-0.3, -0.25) is 14.4 Å². The maximum Gasteiger partial charge on any atom is 0.311 e. The first-order chi connectivity index (χ1) is 21.7. The summed E-state index contributed by atoms with van der Waals surface area (Å²) < 4.78 is 89.5. The van der Waals surface area contributed by atoms with Crippen LogP contribution in [0.4, 0.5) is 26.1 Å². The van der Waals surface area contributed by atoms with E-state index in [1.165, 1.54) is 20.3 Å². The van der Waals surface area contributed by atoms with Crippen LogP contribution in [0, 0.1) is 34.8 Å². The fraction of sp³-hybridized carbons (Fsp3) is 0.531. The molecule has 2 N–H and O–H groups in total. The van der Waals surface area contributed by atoms with Gasteiger partial charge in [0.1, 0.15) is 11.6 Å². The Kier molecular flexibility index (Phi) is 8.83. The average molecular weight is 707 g/mol. The molecule has 3 fully saturated rings. The normalized spacial score (nSPS) is 28.5. The Bertz CT molecular complexity index is 1600. The lowest BCUT2D eigenvalue weighted by molar-refractivity contribution is -0.154. The van der Waals surface area contributed by atoms with Gasteiger partial charge in [0.2, 0.25) is 5.91 Å². The first-order valence-corrected chi connectivity index (χ1v) is 19.4. The van der Waals surface area contributed by atoms with E-state index in [1.807, 2.05) is 6.92 Å². The Labute approximate surface area is 271 Å². The molecule has 2 aromatic carbocycles. The highest BCUT2D eigenvalue weighted by atomic mass is 32.9. The molecule has 3 aliphatic rings. The number of methoxy groups -OCH3 is 2. The predicted octanol–water partition coefficient (Wildman–Crippen LogP) is 7.57. The number of fused-ring (bicyclic) bond motifs is 2. The number of ether oxygens (including phenoxy) is 3. The van der Waals surface area contributed by atoms with E-state index >= 15 is 4.39 Å². The third kappa shape index (κ3) is 7.33. The lowest BCUT2D eigenvalue weighted by Gasteiger charge is -2.51. The Morgan fingerprint density at radius 1 is 0.936 bits per heavy atom. The van der Waals surface area contributed by atoms with Gasteiger partial charge in [-0.1, -0.05) is 0 Å². The molecule has 0 heterocycles. The van der Waals surface area contributed by atoms with Gasteiger partial charge in [0, 0.05) is 24.1 Å². The molecule has 0 saturated heterocycles. The molecule has 47 heavy (non-hydrogen) atoms. The highest BCUT2D eigenvalue weighted by molar-refractivity contribution is 8.84. The number of halogens is 5. The summed E-state index contributed by atoms with van der Waals surface area (Å²) in [5.41, 5.74) is -0.883. The summed E-state index contributed by atoms with van der Waals surface area (Å²) in [5.74, 6) is -4.87. The number of anilines is 1. The van der Waals surface area contributed by atoms with Crippen LogP contribution in [0.2, 0.25) is 0 Å². The third-order valence-corrected chi connectivity index (χ3v) is 12.1. The molecule has 3 aliphatic carbocycles. The largest absolute Gasteiger partial charge is 0.496 e. The number of hydrogen-bond donors (Lipinski definition) is 2. The molecule has 5 atom stereocenters. The average Bonchev–Trinajstić information content (AvgIpc) is 3.60. The van der Waals surface area contributed by atoms with Gasteiger partial charge >= 0.3 is 5.97 Å². The summed E-state index contributed by atoms with van der Waals surface area (Å²) in [5, 5.41) is 5.42. The minimum absolute atomic E-state index is 0.0161. The molecular weight excluding hydrogens is 666 g/mol. The van der Waals surface area contributed by atoms with Gasteiger partial charge in [0.05, 0.1) is 51.2 Å². The van der Waals surface area contributed by atoms with Gasteiger partial charge in [0.25, 0.3) is 5.91 Å². The minimum atomic E-state index is -7.48. The van der Waals surface area contributed by atoms with Gasteiger partial charge in [-0.25, -0.2) is 8.78 Å². The van der Waals surface area contributed by atoms with Crippen molar-refractivity contribution in [3.8, 4) is 11.5 Å². The number of carbonyl (C=O) groups excluding carboxylic acids is 3. The fourth-order valence-electron chi connectivity index (χ4n) is 7.28. The molecule has 2 amide bonds. The molecule has 0 aliphatic heterocycles. The van der Waals surface area contributed by atoms with Crippen LogP contribution in [-0.2, 0) is 14.3 Å². The van der Waals surface area contributed by atoms with Crippen LogP contribution in [0.1, 0.15) is 62.2 Å². The predicted molar refractivity (Wildman–Crippen MR) is 171 cm³/mol. The second kappa shape index (κ2) is 11.8. The molecule has 0 radical (unpaired) electrons. The van der Waals surface area contributed by atoms with E-state index in [1.54, 1.807) is 0 Å². The van der Waals surface area contributed by atoms with Gasteiger partial charge < -0.3 is 24.8 Å². The van der Waals surface area contributed by atoms with Crippen LogP contribution >= 0.6 is 17.5 Å². The van der Waals surface area contributed by atoms with Crippen LogP contribution in [0.25, 0.3) is 0 Å². The molecule has 15 heteroatoms. The Morgan fingerprint density at radius 3 is 2.21 bits per heavy atom. The fourth-order valence-corrected chi connectivity index (χ4v) is 8.87. The van der Waals surface area contributed by atoms with Crippen LogP contribution in [-0.4, -0.2) is 50.4 Å². The van der Waals surface area contributed by atoms with Gasteiger partial charge in [-0.2, -0.15) is 0 Å². The molecule has 1 unspecified atom stereocenters. The van der Waals surface area contributed by atoms with Crippen LogP contribution < -0.4 is 20.1 Å². The van der Waals surface area contributed by atoms with Crippen molar-refractivity contribution in [3.63, 3.8) is 0 Å². The van der Waals surface area contributed by atoms with E-state index in [4.69, 9.17) is 14.2 Å². The molecule has 0 aromatic heterocycles. The minimum Gasteiger partial charge on any atom is -0.496 e. The summed E-state index contributed by atoms with van der Waals surface area (Å²) in [4.78, 5) is 37.9. The molecule has 5 rings (SSSR count). The number of amides is 2. The quantitative estimate of drug-likeness (QED) is 0.159. The van der Waals surface area contributed by atoms with Gasteiger partial charge in [-0.05, 0) is 96.4 Å². The van der Waals surface area contributed by atoms with Crippen molar-refractivity contribution >= 4 is 41.0 Å². The highest BCUT2D eigenvalue weighted by Crippen LogP contribution is 3.02. The number of benzene rings is 2. The summed E-state index contributed by atoms with van der Waals surface area (Å²) in [6.45, 7) is 1.81. The van der Waals surface area contributed by atoms with E-state index in [2.05, 4.69) is 10.6 Å². The Balaban J connectivity index is 1.33. The third-order valence-electron chi connectivity index (χ3n) is 9.82. The van der Waals surface area contributed by atoms with E-state index < -0.39 is 60.9 Å². The molecule has 0 spiro atoms. The summed E-state index contributed by atoms with van der Waals surface area (Å²) in [7, 11) is -4.01. The van der Waals surface area contributed by atoms with E-state index in [0.29, 0.717) is 50.7 Å². The summed E-state index contributed by atoms with van der Waals surface area (Å²) in [6, 6.07) is 3.97. The number of hydrogen-bond acceptors (Lipinski definition) is 6. The monoisotopic (exact) mass is 706 g/mol. The first kappa shape index (κ1) is 35.2. The van der Waals surface area contributed by atoms with Crippen molar-refractivity contribution in [2.45, 2.75) is 68.9 Å². The molecule has 8 nitrogen and oxygen atoms in total. The summed E-state index contributed by atoms with van der Waals surface area (Å²) in [6.07, 6.45) is 3.61. The van der Waals surface area contributed by atoms with Crippen LogP contribution in [0.3, 0.4) is 0 Å². The zero-order valence-corrected chi connectivity index (χ0v) is 28.5. The Morgan fingerprint density at radius 2 is 1.60 bits per heavy atom. The number of nitrogens with one attached hydrogen (secondary N) is 2. The van der Waals surface area contributed by atoms with E-state index in [9.17, 15) is 30.4 Å². The lowest BCUT2D eigenvalue weighted by atomic mass is 9.75. The topological polar surface area (TPSA) is 103 Å². The molecule has 260 valence electrons. The molecule has 3 saturated carbocycles. The van der Waals surface area contributed by atoms with Gasteiger partial charge in [-0.15, -0.1) is 11.7 Å². The standard InChI is InChI=1S/C32H40F5N2O6PS/c1-32(31(42)44-3)11-9-20(10-12-32)45-25-15-21(24(43-2)16-23(25)34)29(40)39-28-18-6-5-17(13-18)27(28)30(41)38-19-7-8-22(33)26(14-19)47(4,35,36,37)46/h7-8,14-18,20,27-28H,5-6,9-13,46H2,1-4H3,(H,38,41)(H,39,40)/t17-,18+,20-,27-,28+,32+/m0/s1. The van der Waals surface area contributed by atoms with Crippen molar-refractivity contribution in [2.75, 3.05) is 25.8 Å². The van der Waals surface area contributed by atoms with Crippen LogP contribution in [0.15, 0.2) is 35.2 Å². The number of rotatable bonds is 9. The molecular formula is C32H40F5N2O6PS. The maximum atomic E-state index is 15.1. The molecule has 2 aromatic rings. The lowest BCUT2D eigenvalue weighted by Crippen LogP contribution is -2.48. The SMILES string of the molecule is COc1cc(F)c(O[C@H]2CC[C@@](C)(C(=O)OC)CC2)cc1C(=O)N[C@@H]1[C@@H]2CC[C@@H](C2)[C@@H]1C(=O)Nc1ccc(F)c(S(C)(F)(F)(F)P)c1. The zero-order valence-electron chi connectivity index (χ0n) is 26.5. The van der Waals surface area contributed by atoms with Gasteiger partial charge in [0.15, 0.2) is 11.6 Å². The van der Waals surface area contributed by atoms with Crippen molar-refractivity contribution in [2.24, 2.45) is 23.2 Å². The van der Waals surface area contributed by atoms with Crippen molar-refractivity contribution < 1.29 is 49.0 Å². The zero-order chi connectivity index (χ0) is 34.6. The smallest absolute Gasteiger partial charge is 0.311 e. The number of carbonyl (C=O) groups is 3. The van der Waals surface area contributed by atoms with Crippen molar-refractivity contribution in [3.05, 3.63) is 47.5 Å². The van der Waals surface area contributed by atoms with E-state index in [-0.39, 0.29) is 46.8 Å². The maximum absolute atomic E-state index is 15.1. The summed E-state index contributed by atoms with van der Waals surface area (Å²) >= 11 is 0. The van der Waals surface area contributed by atoms with Crippen LogP contribution in [0.5, 0.6) is 11.5 Å². The first-order valence-electron chi connectivity index (χ1n) is 15.3. The second-order valence-electron chi connectivity index (χ2n) is 13.5. The van der Waals surface area contributed by atoms with E-state index in [0.717, 1.165) is 27.0 Å². The highest BCUT2D eigenvalue weighted by Gasteiger charge is 2.56.